The molecule has 0 unspecified atom stereocenters. The fourth-order valence-electron chi connectivity index (χ4n) is 1.60. The van der Waals surface area contributed by atoms with Crippen molar-refractivity contribution in [2.75, 3.05) is 18.2 Å². The zero-order chi connectivity index (χ0) is 15.7. The molecule has 2 aromatic carbocycles. The van der Waals surface area contributed by atoms with Crippen LogP contribution in [0.4, 0.5) is 16.2 Å². The van der Waals surface area contributed by atoms with Crippen LogP contribution in [-0.4, -0.2) is 18.4 Å². The topological polar surface area (TPSA) is 108 Å². The van der Waals surface area contributed by atoms with E-state index in [0.29, 0.717) is 0 Å². The normalized spacial score (nSPS) is 8.77. The van der Waals surface area contributed by atoms with Crippen molar-refractivity contribution in [1.82, 2.24) is 0 Å². The molecule has 7 heteroatoms. The van der Waals surface area contributed by atoms with Crippen LogP contribution in [0.5, 0.6) is 5.75 Å². The average Bonchev–Trinajstić information content (AvgIpc) is 2.46. The van der Waals surface area contributed by atoms with E-state index in [1.165, 1.54) is 5.56 Å². The zero-order valence-electron chi connectivity index (χ0n) is 12.6. The van der Waals surface area contributed by atoms with E-state index in [1.54, 1.807) is 7.11 Å². The Labute approximate surface area is 171 Å². The fourth-order valence-corrected chi connectivity index (χ4v) is 1.60. The molecule has 0 spiro atoms. The van der Waals surface area contributed by atoms with Gasteiger partial charge in [-0.05, 0) is 29.8 Å². The summed E-state index contributed by atoms with van der Waals surface area (Å²) in [5, 5.41) is 18.6. The molecule has 2 aromatic rings. The van der Waals surface area contributed by atoms with Crippen molar-refractivity contribution < 1.29 is 71.1 Å². The van der Waals surface area contributed by atoms with Crippen molar-refractivity contribution in [3.8, 4) is 5.75 Å². The van der Waals surface area contributed by atoms with Crippen LogP contribution in [0.2, 0.25) is 0 Å². The van der Waals surface area contributed by atoms with Crippen molar-refractivity contribution in [2.24, 2.45) is 0 Å². The molecule has 0 saturated carbocycles. The molecule has 0 atom stereocenters. The Hall–Kier alpha value is -1.25. The SMILES string of the molecule is COc1ccc(CNc2ccccc2N)cc1.O=C([O-])O.[K+]. The summed E-state index contributed by atoms with van der Waals surface area (Å²) in [7, 11) is 1.66. The molecule has 0 aliphatic carbocycles. The number of benzene rings is 2. The van der Waals surface area contributed by atoms with Gasteiger partial charge in [0.2, 0.25) is 6.16 Å². The van der Waals surface area contributed by atoms with Crippen LogP contribution in [-0.2, 0) is 6.54 Å². The first kappa shape index (κ1) is 20.7. The van der Waals surface area contributed by atoms with E-state index >= 15 is 0 Å². The average molecular weight is 328 g/mol. The first-order chi connectivity index (χ1) is 10.0. The second-order valence-corrected chi connectivity index (χ2v) is 4.05. The molecule has 0 radical (unpaired) electrons. The van der Waals surface area contributed by atoms with Gasteiger partial charge in [0, 0.05) is 6.54 Å². The summed E-state index contributed by atoms with van der Waals surface area (Å²) in [6.45, 7) is 0.748. The second kappa shape index (κ2) is 11.3. The van der Waals surface area contributed by atoms with Gasteiger partial charge in [-0.25, -0.2) is 0 Å². The Bertz CT molecular complexity index is 572. The Morgan fingerprint density at radius 3 is 2.27 bits per heavy atom. The van der Waals surface area contributed by atoms with Crippen molar-refractivity contribution >= 4 is 17.5 Å². The maximum atomic E-state index is 8.44. The summed E-state index contributed by atoms with van der Waals surface area (Å²) in [5.74, 6) is 0.868. The van der Waals surface area contributed by atoms with Crippen LogP contribution in [0.25, 0.3) is 0 Å². The van der Waals surface area contributed by atoms with Gasteiger partial charge in [0.05, 0.1) is 18.5 Å². The van der Waals surface area contributed by atoms with Gasteiger partial charge in [0.25, 0.3) is 0 Å². The molecule has 0 amide bonds. The first-order valence-corrected chi connectivity index (χ1v) is 6.14. The molecular formula is C15H17KN2O4. The summed E-state index contributed by atoms with van der Waals surface area (Å²) in [6, 6.07) is 15.7. The molecule has 0 saturated heterocycles. The summed E-state index contributed by atoms with van der Waals surface area (Å²) in [4.78, 5) is 8.44. The number of para-hydroxylation sites is 2. The van der Waals surface area contributed by atoms with Gasteiger partial charge in [-0.2, -0.15) is 0 Å². The van der Waals surface area contributed by atoms with Crippen molar-refractivity contribution in [1.29, 1.82) is 0 Å². The maximum Gasteiger partial charge on any atom is 1.00 e. The number of carboxylic acid groups (broad SMARTS) is 2. The third kappa shape index (κ3) is 8.25. The standard InChI is InChI=1S/C14H16N2O.CH2O3.K/c1-17-12-8-6-11(7-9-12)10-16-14-5-3-2-4-13(14)15;2-1(3)4;/h2-9,16H,10,15H2,1H3;(H2,2,3,4);/q;;+1/p-1. The predicted molar refractivity (Wildman–Crippen MR) is 79.2 cm³/mol. The van der Waals surface area contributed by atoms with Gasteiger partial charge in [-0.1, -0.05) is 24.3 Å². The van der Waals surface area contributed by atoms with E-state index < -0.39 is 6.16 Å². The van der Waals surface area contributed by atoms with E-state index in [9.17, 15) is 0 Å². The molecule has 112 valence electrons. The number of nitrogens with two attached hydrogens (primary N) is 1. The van der Waals surface area contributed by atoms with Crippen molar-refractivity contribution in [2.45, 2.75) is 6.54 Å². The molecule has 22 heavy (non-hydrogen) atoms. The number of rotatable bonds is 4. The quantitative estimate of drug-likeness (QED) is 0.480. The van der Waals surface area contributed by atoms with Crippen molar-refractivity contribution in [3.63, 3.8) is 0 Å². The second-order valence-electron chi connectivity index (χ2n) is 4.05. The van der Waals surface area contributed by atoms with Crippen LogP contribution in [0.3, 0.4) is 0 Å². The smallest absolute Gasteiger partial charge is 0.565 e. The summed E-state index contributed by atoms with van der Waals surface area (Å²) < 4.78 is 5.11. The Kier molecular flexibility index (Phi) is 10.7. The van der Waals surface area contributed by atoms with Gasteiger partial charge in [-0.3, -0.25) is 0 Å². The Morgan fingerprint density at radius 1 is 1.23 bits per heavy atom. The number of ether oxygens (including phenoxy) is 1. The number of hydrogen-bond acceptors (Lipinski definition) is 5. The number of hydrogen-bond donors (Lipinski definition) is 3. The Morgan fingerprint density at radius 2 is 1.77 bits per heavy atom. The van der Waals surface area contributed by atoms with Gasteiger partial charge in [0.15, 0.2) is 0 Å². The van der Waals surface area contributed by atoms with E-state index in [4.69, 9.17) is 25.5 Å². The Balaban J connectivity index is 0.000000791. The summed E-state index contributed by atoms with van der Waals surface area (Å²) in [6.07, 6.45) is -2.08. The minimum atomic E-state index is -2.08. The van der Waals surface area contributed by atoms with E-state index in [1.807, 2.05) is 48.5 Å². The predicted octanol–water partition coefficient (Wildman–Crippen LogP) is -1.22. The zero-order valence-corrected chi connectivity index (χ0v) is 15.7. The van der Waals surface area contributed by atoms with E-state index in [-0.39, 0.29) is 51.4 Å². The maximum absolute atomic E-state index is 8.44. The van der Waals surface area contributed by atoms with Crippen LogP contribution < -0.4 is 72.3 Å². The minimum absolute atomic E-state index is 0. The van der Waals surface area contributed by atoms with Crippen LogP contribution in [0.1, 0.15) is 5.56 Å². The molecule has 0 fully saturated rings. The van der Waals surface area contributed by atoms with Gasteiger partial charge in [-0.15, -0.1) is 0 Å². The van der Waals surface area contributed by atoms with Gasteiger partial charge < -0.3 is 30.8 Å². The fraction of sp³-hybridized carbons (Fsp3) is 0.133. The molecule has 4 N–H and O–H groups in total. The number of methoxy groups -OCH3 is 1. The molecule has 0 aliphatic rings. The summed E-state index contributed by atoms with van der Waals surface area (Å²) >= 11 is 0. The molecule has 0 aliphatic heterocycles. The van der Waals surface area contributed by atoms with Crippen molar-refractivity contribution in [3.05, 3.63) is 54.1 Å². The molecule has 2 rings (SSSR count). The van der Waals surface area contributed by atoms with Gasteiger partial charge in [0.1, 0.15) is 5.75 Å². The molecule has 6 nitrogen and oxygen atoms in total. The van der Waals surface area contributed by atoms with Crippen LogP contribution in [0, 0.1) is 0 Å². The third-order valence-electron chi connectivity index (χ3n) is 2.60. The number of nitrogens with one attached hydrogen (secondary N) is 1. The number of carbonyl (C=O) groups is 1. The monoisotopic (exact) mass is 328 g/mol. The van der Waals surface area contributed by atoms with Gasteiger partial charge >= 0.3 is 51.4 Å². The minimum Gasteiger partial charge on any atom is -0.565 e. The van der Waals surface area contributed by atoms with Crippen LogP contribution in [0.15, 0.2) is 48.5 Å². The third-order valence-corrected chi connectivity index (χ3v) is 2.60. The molecule has 0 aromatic heterocycles. The van der Waals surface area contributed by atoms with E-state index in [0.717, 1.165) is 23.7 Å². The van der Waals surface area contributed by atoms with Crippen LogP contribution >= 0.6 is 0 Å². The largest absolute Gasteiger partial charge is 1.00 e. The molecule has 0 heterocycles. The van der Waals surface area contributed by atoms with E-state index in [2.05, 4.69) is 5.32 Å². The first-order valence-electron chi connectivity index (χ1n) is 6.14. The summed E-state index contributed by atoms with van der Waals surface area (Å²) in [5.41, 5.74) is 8.76. The number of anilines is 2. The molecule has 0 bridgehead atoms. The molecular weight excluding hydrogens is 311 g/mol. The number of nitrogen functional groups attached to an aromatic ring is 1.